The molecule has 0 unspecified atom stereocenters. The number of hydrogen-bond donors (Lipinski definition) is 0. The zero-order valence-corrected chi connectivity index (χ0v) is 15.4. The first-order chi connectivity index (χ1) is 11.3. The molecular weight excluding hydrogens is 280 g/mol. The summed E-state index contributed by atoms with van der Waals surface area (Å²) in [5, 5.41) is 0. The molecule has 0 atom stereocenters. The van der Waals surface area contributed by atoms with Crippen LogP contribution in [0.15, 0.2) is 12.4 Å². The highest BCUT2D eigenvalue weighted by molar-refractivity contribution is 5.12. The Morgan fingerprint density at radius 3 is 2.13 bits per heavy atom. The number of rotatable bonds is 10. The second-order valence-corrected chi connectivity index (χ2v) is 7.46. The van der Waals surface area contributed by atoms with Crippen molar-refractivity contribution in [1.29, 1.82) is 0 Å². The Labute approximate surface area is 143 Å². The number of nitrogens with zero attached hydrogens (tertiary/aromatic N) is 2. The highest BCUT2D eigenvalue weighted by Gasteiger charge is 2.22. The molecule has 1 aliphatic rings. The van der Waals surface area contributed by atoms with Crippen LogP contribution in [-0.4, -0.2) is 9.97 Å². The van der Waals surface area contributed by atoms with Crippen molar-refractivity contribution in [1.82, 2.24) is 9.97 Å². The smallest absolute Gasteiger partial charge is 0.128 e. The fourth-order valence-electron chi connectivity index (χ4n) is 3.86. The van der Waals surface area contributed by atoms with E-state index in [-0.39, 0.29) is 0 Å². The maximum Gasteiger partial charge on any atom is 0.128 e. The molecule has 2 heteroatoms. The minimum atomic E-state index is 0.714. The summed E-state index contributed by atoms with van der Waals surface area (Å²) in [6.45, 7) is 4.51. The maximum absolute atomic E-state index is 4.58. The predicted octanol–water partition coefficient (Wildman–Crippen LogP) is 6.45. The van der Waals surface area contributed by atoms with Gasteiger partial charge in [0.15, 0.2) is 0 Å². The van der Waals surface area contributed by atoms with E-state index in [0.29, 0.717) is 5.92 Å². The van der Waals surface area contributed by atoms with Gasteiger partial charge in [-0.1, -0.05) is 58.8 Å². The number of unbranched alkanes of at least 4 members (excludes halogenated alkanes) is 5. The monoisotopic (exact) mass is 316 g/mol. The third-order valence-electron chi connectivity index (χ3n) is 5.51. The van der Waals surface area contributed by atoms with Gasteiger partial charge in [0, 0.05) is 18.8 Å². The van der Waals surface area contributed by atoms with Gasteiger partial charge in [-0.3, -0.25) is 0 Å². The lowest BCUT2D eigenvalue weighted by Crippen LogP contribution is -2.14. The van der Waals surface area contributed by atoms with E-state index in [1.54, 1.807) is 0 Å². The summed E-state index contributed by atoms with van der Waals surface area (Å²) in [4.78, 5) is 9.15. The predicted molar refractivity (Wildman–Crippen MR) is 98.7 cm³/mol. The Balaban J connectivity index is 1.67. The van der Waals surface area contributed by atoms with Crippen molar-refractivity contribution < 1.29 is 0 Å². The number of aryl methyl sites for hydroxylation is 1. The van der Waals surface area contributed by atoms with E-state index in [9.17, 15) is 0 Å². The number of hydrogen-bond acceptors (Lipinski definition) is 2. The van der Waals surface area contributed by atoms with Crippen LogP contribution in [0.25, 0.3) is 0 Å². The van der Waals surface area contributed by atoms with Gasteiger partial charge in [-0.15, -0.1) is 0 Å². The molecule has 2 nitrogen and oxygen atoms in total. The zero-order valence-electron chi connectivity index (χ0n) is 15.4. The first kappa shape index (κ1) is 18.4. The molecule has 1 fully saturated rings. The molecule has 0 aliphatic heterocycles. The van der Waals surface area contributed by atoms with E-state index in [1.165, 1.54) is 82.6 Å². The average molecular weight is 317 g/mol. The van der Waals surface area contributed by atoms with Gasteiger partial charge >= 0.3 is 0 Å². The topological polar surface area (TPSA) is 25.8 Å². The van der Waals surface area contributed by atoms with Crippen LogP contribution < -0.4 is 0 Å². The van der Waals surface area contributed by atoms with Crippen molar-refractivity contribution in [3.63, 3.8) is 0 Å². The molecule has 130 valence electrons. The molecule has 0 amide bonds. The van der Waals surface area contributed by atoms with Crippen LogP contribution in [0.3, 0.4) is 0 Å². The van der Waals surface area contributed by atoms with Gasteiger partial charge in [0.1, 0.15) is 5.82 Å². The Morgan fingerprint density at radius 2 is 1.48 bits per heavy atom. The van der Waals surface area contributed by atoms with E-state index in [0.717, 1.165) is 18.2 Å². The Kier molecular flexibility index (Phi) is 8.63. The van der Waals surface area contributed by atoms with E-state index in [2.05, 4.69) is 36.2 Å². The van der Waals surface area contributed by atoms with Crippen LogP contribution in [0.4, 0.5) is 0 Å². The molecule has 1 aromatic heterocycles. The van der Waals surface area contributed by atoms with Crippen molar-refractivity contribution in [2.45, 2.75) is 103 Å². The van der Waals surface area contributed by atoms with Gasteiger partial charge in [-0.2, -0.15) is 0 Å². The summed E-state index contributed by atoms with van der Waals surface area (Å²) in [7, 11) is 0. The lowest BCUT2D eigenvalue weighted by atomic mass is 9.77. The lowest BCUT2D eigenvalue weighted by molar-refractivity contribution is 0.301. The molecule has 1 aromatic rings. The second-order valence-electron chi connectivity index (χ2n) is 7.46. The third kappa shape index (κ3) is 6.61. The highest BCUT2D eigenvalue weighted by Crippen LogP contribution is 2.37. The van der Waals surface area contributed by atoms with Gasteiger partial charge in [-0.05, 0) is 49.5 Å². The molecule has 0 spiro atoms. The van der Waals surface area contributed by atoms with Gasteiger partial charge in [0.05, 0.1) is 0 Å². The van der Waals surface area contributed by atoms with E-state index in [4.69, 9.17) is 0 Å². The van der Waals surface area contributed by atoms with E-state index < -0.39 is 0 Å². The van der Waals surface area contributed by atoms with Crippen molar-refractivity contribution in [2.24, 2.45) is 5.92 Å². The molecule has 0 bridgehead atoms. The fourth-order valence-corrected chi connectivity index (χ4v) is 3.86. The first-order valence-electron chi connectivity index (χ1n) is 10.1. The molecule has 1 aliphatic carbocycles. The summed E-state index contributed by atoms with van der Waals surface area (Å²) in [5.41, 5.74) is 1.38. The van der Waals surface area contributed by atoms with Gasteiger partial charge in [0.2, 0.25) is 0 Å². The maximum atomic E-state index is 4.58. The summed E-state index contributed by atoms with van der Waals surface area (Å²) < 4.78 is 0. The summed E-state index contributed by atoms with van der Waals surface area (Å²) in [5.74, 6) is 2.72. The molecule has 0 radical (unpaired) electrons. The quantitative estimate of drug-likeness (QED) is 0.463. The molecule has 2 rings (SSSR count). The van der Waals surface area contributed by atoms with Gasteiger partial charge in [0.25, 0.3) is 0 Å². The average Bonchev–Trinajstić information content (AvgIpc) is 2.61. The van der Waals surface area contributed by atoms with Crippen molar-refractivity contribution in [3.8, 4) is 0 Å². The van der Waals surface area contributed by atoms with E-state index >= 15 is 0 Å². The Hall–Kier alpha value is -0.920. The fraction of sp³-hybridized carbons (Fsp3) is 0.810. The molecule has 0 saturated heterocycles. The lowest BCUT2D eigenvalue weighted by Gasteiger charge is -2.28. The van der Waals surface area contributed by atoms with Crippen LogP contribution >= 0.6 is 0 Å². The summed E-state index contributed by atoms with van der Waals surface area (Å²) >= 11 is 0. The van der Waals surface area contributed by atoms with Crippen LogP contribution in [-0.2, 0) is 6.42 Å². The summed E-state index contributed by atoms with van der Waals surface area (Å²) in [6, 6.07) is 0. The highest BCUT2D eigenvalue weighted by atomic mass is 14.9. The van der Waals surface area contributed by atoms with Crippen LogP contribution in [0.2, 0.25) is 0 Å². The van der Waals surface area contributed by atoms with Gasteiger partial charge < -0.3 is 0 Å². The SMILES string of the molecule is CCCCCCCC1CCC(c2cnc(CCCC)nc2)CC1. The molecule has 1 heterocycles. The summed E-state index contributed by atoms with van der Waals surface area (Å²) in [6.07, 6.45) is 21.7. The van der Waals surface area contributed by atoms with Crippen LogP contribution in [0.1, 0.15) is 108 Å². The van der Waals surface area contributed by atoms with Crippen LogP contribution in [0.5, 0.6) is 0 Å². The molecule has 1 saturated carbocycles. The largest absolute Gasteiger partial charge is 0.241 e. The Bertz CT molecular complexity index is 404. The van der Waals surface area contributed by atoms with Crippen molar-refractivity contribution in [3.05, 3.63) is 23.8 Å². The van der Waals surface area contributed by atoms with Crippen LogP contribution in [0, 0.1) is 5.92 Å². The molecular formula is C21H36N2. The minimum Gasteiger partial charge on any atom is -0.241 e. The standard InChI is InChI=1S/C21H36N2/c1-3-5-7-8-9-10-18-12-14-19(15-13-18)20-16-22-21(23-17-20)11-6-4-2/h16-19H,3-15H2,1-2H3. The molecule has 0 aromatic carbocycles. The first-order valence-corrected chi connectivity index (χ1v) is 10.1. The zero-order chi connectivity index (χ0) is 16.3. The number of aromatic nitrogens is 2. The minimum absolute atomic E-state index is 0.714. The second kappa shape index (κ2) is 10.8. The Morgan fingerprint density at radius 1 is 0.826 bits per heavy atom. The van der Waals surface area contributed by atoms with E-state index in [1.807, 2.05) is 0 Å². The molecule has 23 heavy (non-hydrogen) atoms. The third-order valence-corrected chi connectivity index (χ3v) is 5.51. The van der Waals surface area contributed by atoms with Gasteiger partial charge in [-0.25, -0.2) is 9.97 Å². The van der Waals surface area contributed by atoms with Crippen molar-refractivity contribution >= 4 is 0 Å². The normalized spacial score (nSPS) is 21.5. The molecule has 0 N–H and O–H groups in total. The van der Waals surface area contributed by atoms with Crippen molar-refractivity contribution in [2.75, 3.05) is 0 Å².